The van der Waals surface area contributed by atoms with Crippen molar-refractivity contribution in [3.8, 4) is 0 Å². The maximum Gasteiger partial charge on any atom is 0.645 e. The molecule has 6 nitrogen and oxygen atoms in total. The van der Waals surface area contributed by atoms with E-state index >= 15 is 0 Å². The maximum atomic E-state index is 9.95. The van der Waals surface area contributed by atoms with Gasteiger partial charge in [-0.15, -0.1) is 0 Å². The predicted octanol–water partition coefficient (Wildman–Crippen LogP) is -0.891. The van der Waals surface area contributed by atoms with E-state index in [2.05, 4.69) is 9.10 Å². The van der Waals surface area contributed by atoms with Crippen LogP contribution in [0, 0.1) is 0 Å². The quantitative estimate of drug-likeness (QED) is 0.374. The molecule has 0 aliphatic rings. The van der Waals surface area contributed by atoms with Crippen LogP contribution in [0.5, 0.6) is 0 Å². The Hall–Kier alpha value is 0.0949. The SMILES string of the molecule is CCOB(O)OP(=O)(O)O. The van der Waals surface area contributed by atoms with Crippen molar-refractivity contribution in [1.29, 1.82) is 0 Å². The Morgan fingerprint density at radius 2 is 2.10 bits per heavy atom. The fraction of sp³-hybridized carbons (Fsp3) is 1.00. The van der Waals surface area contributed by atoms with E-state index < -0.39 is 15.1 Å². The van der Waals surface area contributed by atoms with Gasteiger partial charge in [-0.2, -0.15) is 0 Å². The Kier molecular flexibility index (Phi) is 4.11. The van der Waals surface area contributed by atoms with Gasteiger partial charge in [-0.1, -0.05) is 0 Å². The number of phosphoric acid groups is 1. The molecule has 0 unspecified atom stereocenters. The van der Waals surface area contributed by atoms with Crippen molar-refractivity contribution >= 4 is 15.1 Å². The van der Waals surface area contributed by atoms with Gasteiger partial charge in [0, 0.05) is 6.61 Å². The zero-order valence-corrected chi connectivity index (χ0v) is 6.19. The molecule has 0 rings (SSSR count). The first-order valence-electron chi connectivity index (χ1n) is 2.49. The minimum atomic E-state index is -4.63. The molecule has 10 heavy (non-hydrogen) atoms. The fourth-order valence-corrected chi connectivity index (χ4v) is 0.586. The molecule has 0 amide bonds. The fourth-order valence-electron chi connectivity index (χ4n) is 0.290. The minimum Gasteiger partial charge on any atom is -0.401 e. The van der Waals surface area contributed by atoms with E-state index in [4.69, 9.17) is 14.8 Å². The van der Waals surface area contributed by atoms with Crippen molar-refractivity contribution in [2.24, 2.45) is 0 Å². The molecule has 0 bridgehead atoms. The van der Waals surface area contributed by atoms with Gasteiger partial charge >= 0.3 is 15.1 Å². The summed E-state index contributed by atoms with van der Waals surface area (Å²) in [6.07, 6.45) is 0. The van der Waals surface area contributed by atoms with Crippen LogP contribution in [0.25, 0.3) is 0 Å². The smallest absolute Gasteiger partial charge is 0.401 e. The van der Waals surface area contributed by atoms with E-state index in [-0.39, 0.29) is 6.61 Å². The summed E-state index contributed by atoms with van der Waals surface area (Å²) in [4.78, 5) is 16.1. The van der Waals surface area contributed by atoms with E-state index in [0.717, 1.165) is 0 Å². The van der Waals surface area contributed by atoms with Crippen molar-refractivity contribution in [2.75, 3.05) is 6.61 Å². The minimum absolute atomic E-state index is 0.112. The van der Waals surface area contributed by atoms with Gasteiger partial charge in [-0.3, -0.25) is 4.44 Å². The number of rotatable bonds is 4. The Balaban J connectivity index is 3.58. The zero-order valence-electron chi connectivity index (χ0n) is 5.30. The van der Waals surface area contributed by atoms with Gasteiger partial charge in [-0.25, -0.2) is 4.57 Å². The molecule has 0 heterocycles. The second kappa shape index (κ2) is 4.07. The Bertz CT molecular complexity index is 132. The van der Waals surface area contributed by atoms with Crippen LogP contribution in [0.15, 0.2) is 0 Å². The molecule has 3 N–H and O–H groups in total. The Morgan fingerprint density at radius 1 is 1.60 bits per heavy atom. The normalized spacial score (nSPS) is 11.6. The molecule has 0 spiro atoms. The third-order valence-corrected chi connectivity index (χ3v) is 0.992. The van der Waals surface area contributed by atoms with Gasteiger partial charge in [0.05, 0.1) is 0 Å². The maximum absolute atomic E-state index is 9.95. The first-order chi connectivity index (χ1) is 4.45. The van der Waals surface area contributed by atoms with Crippen molar-refractivity contribution in [3.63, 3.8) is 0 Å². The van der Waals surface area contributed by atoms with Crippen LogP contribution in [-0.2, 0) is 13.7 Å². The molecular weight excluding hydrogens is 162 g/mol. The molecule has 0 radical (unpaired) electrons. The van der Waals surface area contributed by atoms with Crippen LogP contribution in [-0.4, -0.2) is 28.7 Å². The molecule has 60 valence electrons. The standard InChI is InChI=1S/C2H8BO6P/c1-2-8-3(4)9-10(5,6)7/h4H,2H2,1H3,(H2,5,6,7). The lowest BCUT2D eigenvalue weighted by Gasteiger charge is -2.06. The lowest BCUT2D eigenvalue weighted by atomic mass is 10.3. The summed E-state index contributed by atoms with van der Waals surface area (Å²) < 4.78 is 17.9. The van der Waals surface area contributed by atoms with Crippen molar-refractivity contribution in [2.45, 2.75) is 6.92 Å². The zero-order chi connectivity index (χ0) is 8.20. The first-order valence-corrected chi connectivity index (χ1v) is 4.02. The summed E-state index contributed by atoms with van der Waals surface area (Å²) in [5.74, 6) is 0. The van der Waals surface area contributed by atoms with Crippen LogP contribution < -0.4 is 0 Å². The molecule has 0 fully saturated rings. The second-order valence-electron chi connectivity index (χ2n) is 1.36. The third kappa shape index (κ3) is 6.22. The largest absolute Gasteiger partial charge is 0.645 e. The second-order valence-corrected chi connectivity index (χ2v) is 2.55. The Labute approximate surface area is 58.2 Å². The van der Waals surface area contributed by atoms with E-state index in [9.17, 15) is 4.57 Å². The Morgan fingerprint density at radius 3 is 2.40 bits per heavy atom. The van der Waals surface area contributed by atoms with Gasteiger partial charge in [-0.05, 0) is 6.92 Å². The molecular formula is C2H8BO6P. The summed E-state index contributed by atoms with van der Waals surface area (Å²) in [6, 6.07) is 0. The highest BCUT2D eigenvalue weighted by Crippen LogP contribution is 2.36. The predicted molar refractivity (Wildman–Crippen MR) is 32.7 cm³/mol. The lowest BCUT2D eigenvalue weighted by molar-refractivity contribution is 0.173. The van der Waals surface area contributed by atoms with Gasteiger partial charge in [0.2, 0.25) is 0 Å². The van der Waals surface area contributed by atoms with E-state index in [1.54, 1.807) is 6.92 Å². The van der Waals surface area contributed by atoms with Crippen LogP contribution in [0.1, 0.15) is 6.92 Å². The molecule has 0 saturated heterocycles. The summed E-state index contributed by atoms with van der Waals surface area (Å²) in [5, 5.41) is 8.45. The first kappa shape index (κ1) is 10.1. The van der Waals surface area contributed by atoms with Gasteiger partial charge in [0.15, 0.2) is 0 Å². The monoisotopic (exact) mass is 170 g/mol. The lowest BCUT2D eigenvalue weighted by Crippen LogP contribution is -2.20. The van der Waals surface area contributed by atoms with Gasteiger partial charge in [0.25, 0.3) is 0 Å². The van der Waals surface area contributed by atoms with Crippen molar-refractivity contribution < 1.29 is 28.5 Å². The molecule has 0 atom stereocenters. The van der Waals surface area contributed by atoms with Crippen molar-refractivity contribution in [3.05, 3.63) is 0 Å². The highest BCUT2D eigenvalue weighted by Gasteiger charge is 2.26. The summed E-state index contributed by atoms with van der Waals surface area (Å²) in [7, 11) is -6.48. The molecule has 0 aromatic carbocycles. The number of hydrogen-bond acceptors (Lipinski definition) is 4. The van der Waals surface area contributed by atoms with Crippen LogP contribution in [0.4, 0.5) is 0 Å². The highest BCUT2D eigenvalue weighted by atomic mass is 31.2. The van der Waals surface area contributed by atoms with Crippen LogP contribution in [0.3, 0.4) is 0 Å². The van der Waals surface area contributed by atoms with Gasteiger partial charge in [0.1, 0.15) is 0 Å². The average Bonchev–Trinajstić information content (AvgIpc) is 1.59. The molecule has 0 saturated carbocycles. The summed E-state index contributed by atoms with van der Waals surface area (Å²) in [5.41, 5.74) is 0. The van der Waals surface area contributed by atoms with E-state index in [1.165, 1.54) is 0 Å². The van der Waals surface area contributed by atoms with Gasteiger partial charge < -0.3 is 19.5 Å². The topological polar surface area (TPSA) is 96.2 Å². The van der Waals surface area contributed by atoms with Crippen molar-refractivity contribution in [1.82, 2.24) is 0 Å². The summed E-state index contributed by atoms with van der Waals surface area (Å²) in [6.45, 7) is 1.66. The number of hydrogen-bond donors (Lipinski definition) is 3. The molecule has 0 aliphatic heterocycles. The molecule has 0 aliphatic carbocycles. The average molecular weight is 170 g/mol. The summed E-state index contributed by atoms with van der Waals surface area (Å²) >= 11 is 0. The van der Waals surface area contributed by atoms with Crippen LogP contribution >= 0.6 is 7.82 Å². The molecule has 8 heteroatoms. The van der Waals surface area contributed by atoms with Crippen LogP contribution in [0.2, 0.25) is 0 Å². The highest BCUT2D eigenvalue weighted by molar-refractivity contribution is 7.47. The molecule has 0 aromatic rings. The van der Waals surface area contributed by atoms with E-state index in [0.29, 0.717) is 0 Å². The third-order valence-electron chi connectivity index (χ3n) is 0.537. The molecule has 0 aromatic heterocycles. The van der Waals surface area contributed by atoms with E-state index in [1.807, 2.05) is 0 Å².